The van der Waals surface area contributed by atoms with Crippen LogP contribution in [-0.4, -0.2) is 9.55 Å². The topological polar surface area (TPSA) is 20.7 Å². The van der Waals surface area contributed by atoms with Crippen LogP contribution in [0.2, 0.25) is 0 Å². The minimum absolute atomic E-state index is 0.906. The van der Waals surface area contributed by atoms with Crippen molar-refractivity contribution in [1.82, 2.24) is 9.55 Å². The number of H-pyrrole nitrogens is 1. The van der Waals surface area contributed by atoms with Crippen LogP contribution in [0, 0.1) is 0 Å². The molecule has 0 aliphatic carbocycles. The number of fused-ring (bicyclic) bond motifs is 1. The Bertz CT molecular complexity index is 1050. The van der Waals surface area contributed by atoms with Gasteiger partial charge in [-0.1, -0.05) is 36.4 Å². The molecule has 0 saturated heterocycles. The van der Waals surface area contributed by atoms with E-state index >= 15 is 0 Å². The fraction of sp³-hybridized carbons (Fsp3) is 0.0526. The van der Waals surface area contributed by atoms with Gasteiger partial charge in [0.05, 0.1) is 5.52 Å². The van der Waals surface area contributed by atoms with E-state index in [0.717, 1.165) is 12.1 Å². The first-order valence-corrected chi connectivity index (χ1v) is 7.25. The third kappa shape index (κ3) is 1.53. The maximum atomic E-state index is 3.47. The number of nitrogens with one attached hydrogen (secondary N) is 1. The van der Waals surface area contributed by atoms with Crippen LogP contribution in [0.15, 0.2) is 66.7 Å². The van der Waals surface area contributed by atoms with Crippen molar-refractivity contribution in [2.24, 2.45) is 0 Å². The number of benzene rings is 3. The SMILES string of the molecule is c1ccc(Cn2c3ccc4cc3c3ccc(cc32)[nH]4)cc1. The van der Waals surface area contributed by atoms with Crippen molar-refractivity contribution in [3.8, 4) is 0 Å². The van der Waals surface area contributed by atoms with Crippen LogP contribution >= 0.6 is 0 Å². The van der Waals surface area contributed by atoms with Gasteiger partial charge in [0.1, 0.15) is 0 Å². The summed E-state index contributed by atoms with van der Waals surface area (Å²) in [5.74, 6) is 0. The van der Waals surface area contributed by atoms with Gasteiger partial charge in [-0.05, 0) is 35.9 Å². The third-order valence-electron chi connectivity index (χ3n) is 4.34. The van der Waals surface area contributed by atoms with Crippen molar-refractivity contribution in [1.29, 1.82) is 0 Å². The molecule has 0 radical (unpaired) electrons. The van der Waals surface area contributed by atoms with Gasteiger partial charge in [-0.15, -0.1) is 0 Å². The van der Waals surface area contributed by atoms with Gasteiger partial charge in [0.2, 0.25) is 0 Å². The Morgan fingerprint density at radius 3 is 2.43 bits per heavy atom. The Morgan fingerprint density at radius 1 is 0.714 bits per heavy atom. The summed E-state index contributed by atoms with van der Waals surface area (Å²) in [6.45, 7) is 0.906. The van der Waals surface area contributed by atoms with E-state index in [4.69, 9.17) is 0 Å². The molecule has 0 saturated carbocycles. The van der Waals surface area contributed by atoms with Gasteiger partial charge in [0, 0.05) is 33.9 Å². The third-order valence-corrected chi connectivity index (χ3v) is 4.34. The number of aromatic nitrogens is 2. The zero-order valence-electron chi connectivity index (χ0n) is 11.5. The van der Waals surface area contributed by atoms with E-state index in [1.807, 2.05) is 0 Å². The van der Waals surface area contributed by atoms with Gasteiger partial charge >= 0.3 is 0 Å². The van der Waals surface area contributed by atoms with E-state index < -0.39 is 0 Å². The van der Waals surface area contributed by atoms with Crippen LogP contribution in [0.1, 0.15) is 5.56 Å². The maximum Gasteiger partial charge on any atom is 0.0515 e. The lowest BCUT2D eigenvalue weighted by atomic mass is 10.1. The first kappa shape index (κ1) is 11.0. The molecule has 21 heavy (non-hydrogen) atoms. The number of hydrogen-bond donors (Lipinski definition) is 1. The molecule has 0 fully saturated rings. The predicted molar refractivity (Wildman–Crippen MR) is 88.0 cm³/mol. The highest BCUT2D eigenvalue weighted by Crippen LogP contribution is 2.32. The quantitative estimate of drug-likeness (QED) is 0.477. The van der Waals surface area contributed by atoms with Crippen LogP contribution in [-0.2, 0) is 6.54 Å². The minimum Gasteiger partial charge on any atom is -0.355 e. The molecular weight excluding hydrogens is 256 g/mol. The van der Waals surface area contributed by atoms with Crippen LogP contribution in [0.4, 0.5) is 0 Å². The number of nitrogens with zero attached hydrogens (tertiary/aromatic N) is 1. The second-order valence-electron chi connectivity index (χ2n) is 5.66. The maximum absolute atomic E-state index is 3.47. The first-order valence-electron chi connectivity index (χ1n) is 7.25. The molecule has 0 amide bonds. The van der Waals surface area contributed by atoms with E-state index in [2.05, 4.69) is 76.3 Å². The molecule has 3 aromatic heterocycles. The fourth-order valence-corrected chi connectivity index (χ4v) is 3.36. The summed E-state index contributed by atoms with van der Waals surface area (Å²) in [5.41, 5.74) is 6.26. The van der Waals surface area contributed by atoms with E-state index in [-0.39, 0.29) is 0 Å². The molecular formula is C19H14N2. The van der Waals surface area contributed by atoms with Gasteiger partial charge in [-0.2, -0.15) is 0 Å². The van der Waals surface area contributed by atoms with Gasteiger partial charge in [-0.25, -0.2) is 0 Å². The Kier molecular flexibility index (Phi) is 2.03. The summed E-state index contributed by atoms with van der Waals surface area (Å²) in [6.07, 6.45) is 0. The minimum atomic E-state index is 0.906. The molecule has 2 nitrogen and oxygen atoms in total. The molecule has 0 aliphatic rings. The van der Waals surface area contributed by atoms with Crippen molar-refractivity contribution >= 4 is 32.8 Å². The largest absolute Gasteiger partial charge is 0.355 e. The van der Waals surface area contributed by atoms with Crippen LogP contribution in [0.5, 0.6) is 0 Å². The van der Waals surface area contributed by atoms with E-state index in [0.29, 0.717) is 0 Å². The molecule has 100 valence electrons. The summed E-state index contributed by atoms with van der Waals surface area (Å²) in [6, 6.07) is 23.9. The van der Waals surface area contributed by atoms with E-state index in [1.54, 1.807) is 0 Å². The van der Waals surface area contributed by atoms with Crippen LogP contribution in [0.25, 0.3) is 32.8 Å². The molecule has 5 bridgehead atoms. The first-order chi connectivity index (χ1) is 10.4. The van der Waals surface area contributed by atoms with E-state index in [9.17, 15) is 0 Å². The number of rotatable bonds is 2. The van der Waals surface area contributed by atoms with Gasteiger partial charge < -0.3 is 9.55 Å². The monoisotopic (exact) mass is 270 g/mol. The molecule has 6 rings (SSSR count). The standard InChI is InChI=1S/C19H14N2/c1-2-4-13(5-3-1)12-21-18-9-7-14-10-17(18)16-8-6-15(20-14)11-19(16)21/h1-11,20H,12H2. The molecule has 2 heteroatoms. The van der Waals surface area contributed by atoms with Crippen LogP contribution in [0.3, 0.4) is 0 Å². The molecule has 3 heterocycles. The summed E-state index contributed by atoms with van der Waals surface area (Å²) in [5, 5.41) is 2.67. The lowest BCUT2D eigenvalue weighted by molar-refractivity contribution is 0.869. The zero-order valence-corrected chi connectivity index (χ0v) is 11.5. The average molecular weight is 270 g/mol. The highest BCUT2D eigenvalue weighted by Gasteiger charge is 2.12. The summed E-state index contributed by atoms with van der Waals surface area (Å²) < 4.78 is 2.42. The van der Waals surface area contributed by atoms with Crippen molar-refractivity contribution < 1.29 is 0 Å². The molecule has 0 spiro atoms. The van der Waals surface area contributed by atoms with Crippen molar-refractivity contribution in [3.63, 3.8) is 0 Å². The lowest BCUT2D eigenvalue weighted by Gasteiger charge is -2.07. The van der Waals surface area contributed by atoms with Crippen LogP contribution < -0.4 is 0 Å². The highest BCUT2D eigenvalue weighted by molar-refractivity contribution is 6.11. The van der Waals surface area contributed by atoms with Gasteiger partial charge in [0.25, 0.3) is 0 Å². The molecule has 0 aliphatic heterocycles. The van der Waals surface area contributed by atoms with Crippen molar-refractivity contribution in [3.05, 3.63) is 72.3 Å². The smallest absolute Gasteiger partial charge is 0.0515 e. The summed E-state index contributed by atoms with van der Waals surface area (Å²) in [7, 11) is 0. The van der Waals surface area contributed by atoms with E-state index in [1.165, 1.54) is 32.9 Å². The highest BCUT2D eigenvalue weighted by atomic mass is 15.0. The Balaban J connectivity index is 1.89. The van der Waals surface area contributed by atoms with Crippen molar-refractivity contribution in [2.75, 3.05) is 0 Å². The number of hydrogen-bond acceptors (Lipinski definition) is 0. The Hall–Kier alpha value is -2.74. The molecule has 6 aromatic rings. The fourth-order valence-electron chi connectivity index (χ4n) is 3.36. The molecule has 0 atom stereocenters. The van der Waals surface area contributed by atoms with Gasteiger partial charge in [0.15, 0.2) is 0 Å². The molecule has 0 unspecified atom stereocenters. The van der Waals surface area contributed by atoms with Crippen molar-refractivity contribution in [2.45, 2.75) is 6.54 Å². The average Bonchev–Trinajstić information content (AvgIpc) is 2.84. The molecule has 1 N–H and O–H groups in total. The second-order valence-corrected chi connectivity index (χ2v) is 5.66. The zero-order chi connectivity index (χ0) is 13.8. The number of aromatic amines is 1. The summed E-state index contributed by atoms with van der Waals surface area (Å²) in [4.78, 5) is 3.47. The van der Waals surface area contributed by atoms with Gasteiger partial charge in [-0.3, -0.25) is 0 Å². The summed E-state index contributed by atoms with van der Waals surface area (Å²) >= 11 is 0. The normalized spacial score (nSPS) is 12.0. The second kappa shape index (κ2) is 3.89. The Labute approximate surface area is 122 Å². The molecule has 3 aromatic carbocycles. The Morgan fingerprint density at radius 2 is 1.52 bits per heavy atom. The predicted octanol–water partition coefficient (Wildman–Crippen LogP) is 4.76. The lowest BCUT2D eigenvalue weighted by Crippen LogP contribution is -1.98.